The Kier molecular flexibility index (Phi) is 2.33. The Labute approximate surface area is 86.2 Å². The Morgan fingerprint density at radius 3 is 3.00 bits per heavy atom. The van der Waals surface area contributed by atoms with Crippen molar-refractivity contribution in [1.29, 1.82) is 5.26 Å². The molecule has 0 aliphatic rings. The van der Waals surface area contributed by atoms with Crippen LogP contribution in [-0.2, 0) is 6.54 Å². The van der Waals surface area contributed by atoms with Gasteiger partial charge in [-0.15, -0.1) is 5.10 Å². The monoisotopic (exact) mass is 200 g/mol. The number of nitriles is 1. The summed E-state index contributed by atoms with van der Waals surface area (Å²) >= 11 is 0. The van der Waals surface area contributed by atoms with Gasteiger partial charge in [-0.3, -0.25) is 0 Å². The first-order valence-electron chi connectivity index (χ1n) is 4.35. The Balaban J connectivity index is 2.19. The van der Waals surface area contributed by atoms with Crippen molar-refractivity contribution in [2.24, 2.45) is 0 Å². The van der Waals surface area contributed by atoms with Gasteiger partial charge in [0.2, 0.25) is 0 Å². The molecule has 0 saturated carbocycles. The maximum absolute atomic E-state index is 9.24. The van der Waals surface area contributed by atoms with Gasteiger partial charge in [-0.2, -0.15) is 5.26 Å². The van der Waals surface area contributed by atoms with Crippen molar-refractivity contribution in [3.63, 3.8) is 0 Å². The van der Waals surface area contributed by atoms with Gasteiger partial charge in [-0.1, -0.05) is 12.1 Å². The molecule has 2 rings (SSSR count). The second-order valence-corrected chi connectivity index (χ2v) is 3.05. The molecule has 5 nitrogen and oxygen atoms in total. The van der Waals surface area contributed by atoms with E-state index in [1.165, 1.54) is 6.33 Å². The van der Waals surface area contributed by atoms with Crippen LogP contribution in [0, 0.1) is 11.3 Å². The fraction of sp³-hybridized carbons (Fsp3) is 0.100. The Hall–Kier alpha value is -2.35. The summed E-state index contributed by atoms with van der Waals surface area (Å²) in [5.74, 6) is 0.364. The van der Waals surface area contributed by atoms with E-state index in [0.717, 1.165) is 5.56 Å². The number of aromatic hydroxyl groups is 1. The molecule has 0 atom stereocenters. The molecule has 74 valence electrons. The van der Waals surface area contributed by atoms with Gasteiger partial charge < -0.3 is 5.11 Å². The molecule has 0 bridgehead atoms. The molecule has 0 spiro atoms. The summed E-state index contributed by atoms with van der Waals surface area (Å²) in [5, 5.41) is 21.7. The molecule has 1 heterocycles. The van der Waals surface area contributed by atoms with E-state index in [2.05, 4.69) is 10.1 Å². The highest BCUT2D eigenvalue weighted by Gasteiger charge is 2.00. The smallest absolute Gasteiger partial charge is 0.252 e. The number of rotatable bonds is 2. The standard InChI is InChI=1S/C10H8N4O/c11-5-10-12-7-14(13-10)6-8-2-1-3-9(15)4-8/h1-4,7,15H,6H2. The normalized spacial score (nSPS) is 9.80. The third-order valence-electron chi connectivity index (χ3n) is 1.89. The van der Waals surface area contributed by atoms with Gasteiger partial charge in [0, 0.05) is 0 Å². The first-order valence-corrected chi connectivity index (χ1v) is 4.35. The van der Waals surface area contributed by atoms with Gasteiger partial charge in [0.1, 0.15) is 18.1 Å². The lowest BCUT2D eigenvalue weighted by molar-refractivity contribution is 0.474. The van der Waals surface area contributed by atoms with E-state index in [9.17, 15) is 5.11 Å². The SMILES string of the molecule is N#Cc1ncn(Cc2cccc(O)c2)n1. The summed E-state index contributed by atoms with van der Waals surface area (Å²) < 4.78 is 1.55. The number of hydrogen-bond donors (Lipinski definition) is 1. The van der Waals surface area contributed by atoms with Crippen LogP contribution in [0.25, 0.3) is 0 Å². The van der Waals surface area contributed by atoms with Crippen molar-refractivity contribution in [2.45, 2.75) is 6.54 Å². The number of benzene rings is 1. The molecule has 0 aliphatic carbocycles. The lowest BCUT2D eigenvalue weighted by atomic mass is 10.2. The maximum atomic E-state index is 9.24. The minimum absolute atomic E-state index is 0.148. The molecular formula is C10H8N4O. The van der Waals surface area contributed by atoms with Crippen LogP contribution < -0.4 is 0 Å². The summed E-state index contributed by atoms with van der Waals surface area (Å²) in [6.45, 7) is 0.489. The Morgan fingerprint density at radius 1 is 1.47 bits per heavy atom. The molecule has 2 aromatic rings. The van der Waals surface area contributed by atoms with Crippen LogP contribution in [0.1, 0.15) is 11.4 Å². The van der Waals surface area contributed by atoms with Crippen molar-refractivity contribution >= 4 is 0 Å². The van der Waals surface area contributed by atoms with E-state index in [-0.39, 0.29) is 11.6 Å². The van der Waals surface area contributed by atoms with Gasteiger partial charge in [0.15, 0.2) is 0 Å². The number of hydrogen-bond acceptors (Lipinski definition) is 4. The van der Waals surface area contributed by atoms with Crippen LogP contribution in [0.15, 0.2) is 30.6 Å². The molecular weight excluding hydrogens is 192 g/mol. The zero-order valence-corrected chi connectivity index (χ0v) is 7.83. The minimum Gasteiger partial charge on any atom is -0.508 e. The van der Waals surface area contributed by atoms with Gasteiger partial charge in [-0.25, -0.2) is 9.67 Å². The highest BCUT2D eigenvalue weighted by atomic mass is 16.3. The lowest BCUT2D eigenvalue weighted by Crippen LogP contribution is -2.00. The van der Waals surface area contributed by atoms with E-state index in [1.807, 2.05) is 12.1 Å². The largest absolute Gasteiger partial charge is 0.508 e. The summed E-state index contributed by atoms with van der Waals surface area (Å²) in [6, 6.07) is 8.73. The molecule has 15 heavy (non-hydrogen) atoms. The van der Waals surface area contributed by atoms with Crippen molar-refractivity contribution in [3.8, 4) is 11.8 Å². The van der Waals surface area contributed by atoms with Gasteiger partial charge in [-0.05, 0) is 17.7 Å². The number of aromatic nitrogens is 3. The average molecular weight is 200 g/mol. The van der Waals surface area contributed by atoms with Crippen LogP contribution in [0.2, 0.25) is 0 Å². The molecule has 1 N–H and O–H groups in total. The first-order chi connectivity index (χ1) is 7.28. The van der Waals surface area contributed by atoms with Crippen LogP contribution >= 0.6 is 0 Å². The van der Waals surface area contributed by atoms with E-state index < -0.39 is 0 Å². The maximum Gasteiger partial charge on any atom is 0.252 e. The van der Waals surface area contributed by atoms with E-state index in [0.29, 0.717) is 6.54 Å². The lowest BCUT2D eigenvalue weighted by Gasteiger charge is -2.00. The minimum atomic E-state index is 0.148. The molecule has 0 aliphatic heterocycles. The summed E-state index contributed by atoms with van der Waals surface area (Å²) in [6.07, 6.45) is 1.49. The topological polar surface area (TPSA) is 74.7 Å². The first kappa shape index (κ1) is 9.21. The predicted molar refractivity (Wildman–Crippen MR) is 51.9 cm³/mol. The molecule has 1 aromatic heterocycles. The molecule has 0 unspecified atom stereocenters. The third-order valence-corrected chi connectivity index (χ3v) is 1.89. The van der Waals surface area contributed by atoms with Crippen molar-refractivity contribution in [3.05, 3.63) is 42.0 Å². The average Bonchev–Trinajstić information content (AvgIpc) is 2.65. The summed E-state index contributed by atoms with van der Waals surface area (Å²) in [7, 11) is 0. The van der Waals surface area contributed by atoms with Crippen molar-refractivity contribution in [1.82, 2.24) is 14.8 Å². The van der Waals surface area contributed by atoms with E-state index in [1.54, 1.807) is 22.9 Å². The van der Waals surface area contributed by atoms with Gasteiger partial charge >= 0.3 is 0 Å². The highest BCUT2D eigenvalue weighted by molar-refractivity contribution is 5.27. The third kappa shape index (κ3) is 2.11. The van der Waals surface area contributed by atoms with Crippen LogP contribution in [0.4, 0.5) is 0 Å². The van der Waals surface area contributed by atoms with E-state index >= 15 is 0 Å². The Bertz CT molecular complexity index is 512. The van der Waals surface area contributed by atoms with Crippen molar-refractivity contribution in [2.75, 3.05) is 0 Å². The molecule has 0 radical (unpaired) electrons. The number of phenolic OH excluding ortho intramolecular Hbond substituents is 1. The zero-order valence-electron chi connectivity index (χ0n) is 7.83. The van der Waals surface area contributed by atoms with Gasteiger partial charge in [0.05, 0.1) is 6.54 Å². The van der Waals surface area contributed by atoms with Crippen molar-refractivity contribution < 1.29 is 5.11 Å². The summed E-state index contributed by atoms with van der Waals surface area (Å²) in [4.78, 5) is 3.78. The fourth-order valence-electron chi connectivity index (χ4n) is 1.26. The Morgan fingerprint density at radius 2 is 2.33 bits per heavy atom. The van der Waals surface area contributed by atoms with Crippen LogP contribution in [-0.4, -0.2) is 19.9 Å². The van der Waals surface area contributed by atoms with Crippen LogP contribution in [0.3, 0.4) is 0 Å². The fourth-order valence-corrected chi connectivity index (χ4v) is 1.26. The molecule has 1 aromatic carbocycles. The zero-order chi connectivity index (χ0) is 10.7. The predicted octanol–water partition coefficient (Wildman–Crippen LogP) is 0.904. The second kappa shape index (κ2) is 3.80. The number of phenols is 1. The van der Waals surface area contributed by atoms with E-state index in [4.69, 9.17) is 5.26 Å². The molecule has 0 amide bonds. The highest BCUT2D eigenvalue weighted by Crippen LogP contribution is 2.11. The number of nitrogens with zero attached hydrogens (tertiary/aromatic N) is 4. The molecule has 5 heteroatoms. The molecule has 0 fully saturated rings. The quantitative estimate of drug-likeness (QED) is 0.781. The molecule has 0 saturated heterocycles. The summed E-state index contributed by atoms with van der Waals surface area (Å²) in [5.41, 5.74) is 0.907. The van der Waals surface area contributed by atoms with Crippen LogP contribution in [0.5, 0.6) is 5.75 Å². The van der Waals surface area contributed by atoms with Gasteiger partial charge in [0.25, 0.3) is 5.82 Å². The second-order valence-electron chi connectivity index (χ2n) is 3.05.